The van der Waals surface area contributed by atoms with Crippen molar-refractivity contribution in [1.82, 2.24) is 4.57 Å². The predicted molar refractivity (Wildman–Crippen MR) is 157 cm³/mol. The lowest BCUT2D eigenvalue weighted by Gasteiger charge is -2.29. The van der Waals surface area contributed by atoms with E-state index in [4.69, 9.17) is 9.15 Å². The third-order valence-electron chi connectivity index (χ3n) is 7.17. The summed E-state index contributed by atoms with van der Waals surface area (Å²) in [5.41, 5.74) is 2.27. The number of nitrogens with one attached hydrogen (secondary N) is 1. The molecule has 2 aromatic carbocycles. The number of aromatic nitrogens is 1. The predicted octanol–water partition coefficient (Wildman–Crippen LogP) is 4.42. The number of anilines is 2. The maximum atomic E-state index is 13.9. The monoisotopic (exact) mass is 603 g/mol. The molecule has 0 radical (unpaired) electrons. The summed E-state index contributed by atoms with van der Waals surface area (Å²) in [6.45, 7) is 3.62. The molecule has 0 spiro atoms. The minimum absolute atomic E-state index is 0.223. The van der Waals surface area contributed by atoms with Crippen LogP contribution in [-0.4, -0.2) is 40.1 Å². The molecule has 10 nitrogen and oxygen atoms in total. The Hall–Kier alpha value is -4.42. The van der Waals surface area contributed by atoms with Crippen LogP contribution in [0.1, 0.15) is 39.4 Å². The second-order valence-electron chi connectivity index (χ2n) is 9.87. The molecule has 3 amide bonds. The summed E-state index contributed by atoms with van der Waals surface area (Å²) >= 11 is 2.06. The number of rotatable bonds is 7. The van der Waals surface area contributed by atoms with Crippen molar-refractivity contribution in [3.05, 3.63) is 98.4 Å². The molecule has 3 atom stereocenters. The van der Waals surface area contributed by atoms with E-state index >= 15 is 0 Å². The number of thioether (sulfide) groups is 1. The number of fused-ring (bicyclic) bond motifs is 2. The van der Waals surface area contributed by atoms with Gasteiger partial charge in [0.1, 0.15) is 17.6 Å². The number of esters is 1. The summed E-state index contributed by atoms with van der Waals surface area (Å²) in [7, 11) is 0. The Kier molecular flexibility index (Phi) is 7.33. The van der Waals surface area contributed by atoms with Crippen LogP contribution in [0.2, 0.25) is 0 Å². The molecule has 1 fully saturated rings. The molecular formula is C30H25N3O7S2. The van der Waals surface area contributed by atoms with Crippen molar-refractivity contribution in [2.45, 2.75) is 36.6 Å². The fraction of sp³-hybridized carbons (Fsp3) is 0.233. The third-order valence-corrected chi connectivity index (χ3v) is 9.78. The Balaban J connectivity index is 1.34. The van der Waals surface area contributed by atoms with Crippen LogP contribution >= 0.6 is 23.1 Å². The number of ether oxygens (including phenoxy) is 1. The number of thiazole rings is 1. The summed E-state index contributed by atoms with van der Waals surface area (Å²) < 4.78 is 12.1. The lowest BCUT2D eigenvalue weighted by Crippen LogP contribution is -2.32. The minimum Gasteiger partial charge on any atom is -0.469 e. The Labute approximate surface area is 248 Å². The highest BCUT2D eigenvalue weighted by Crippen LogP contribution is 2.53. The molecule has 2 aliphatic heterocycles. The molecule has 4 heterocycles. The Bertz CT molecular complexity index is 1740. The molecule has 12 heteroatoms. The first-order valence-corrected chi connectivity index (χ1v) is 14.9. The number of amides is 3. The first-order valence-electron chi connectivity index (χ1n) is 13.2. The van der Waals surface area contributed by atoms with Crippen LogP contribution in [0.4, 0.5) is 11.4 Å². The maximum absolute atomic E-state index is 13.9. The van der Waals surface area contributed by atoms with E-state index in [1.54, 1.807) is 31.2 Å². The van der Waals surface area contributed by atoms with Gasteiger partial charge in [0.05, 0.1) is 45.9 Å². The number of carbonyl (C=O) groups is 4. The van der Waals surface area contributed by atoms with E-state index in [0.717, 1.165) is 33.6 Å². The van der Waals surface area contributed by atoms with Crippen molar-refractivity contribution in [1.29, 1.82) is 0 Å². The summed E-state index contributed by atoms with van der Waals surface area (Å²) in [5.74, 6) is -2.85. The fourth-order valence-electron chi connectivity index (χ4n) is 5.23. The molecule has 0 aliphatic carbocycles. The normalized spacial score (nSPS) is 19.4. The first kappa shape index (κ1) is 27.7. The Morgan fingerprint density at radius 1 is 1.00 bits per heavy atom. The number of benzene rings is 2. The van der Waals surface area contributed by atoms with Gasteiger partial charge < -0.3 is 14.5 Å². The largest absolute Gasteiger partial charge is 0.469 e. The molecule has 6 rings (SSSR count). The van der Waals surface area contributed by atoms with E-state index in [1.807, 2.05) is 19.1 Å². The quantitative estimate of drug-likeness (QED) is 0.243. The average molecular weight is 604 g/mol. The number of carbonyl (C=O) groups excluding carboxylic acids is 4. The minimum atomic E-state index is -0.856. The van der Waals surface area contributed by atoms with Gasteiger partial charge in [0.15, 0.2) is 0 Å². The van der Waals surface area contributed by atoms with Crippen molar-refractivity contribution in [2.24, 2.45) is 5.92 Å². The SMILES string of the molecule is CCOC(=O)c1ccc(N2C(=O)C3Sc4c(sc(=O)n4CC(=O)Nc4ccc(C)cc4)C(c4ccco4)C3C2=O)cc1. The van der Waals surface area contributed by atoms with Gasteiger partial charge in [-0.15, -0.1) is 0 Å². The fourth-order valence-corrected chi connectivity index (χ4v) is 7.98. The van der Waals surface area contributed by atoms with Crippen LogP contribution in [0.15, 0.2) is 81.2 Å². The topological polar surface area (TPSA) is 128 Å². The van der Waals surface area contributed by atoms with Gasteiger partial charge in [-0.05, 0) is 62.4 Å². The van der Waals surface area contributed by atoms with E-state index in [-0.39, 0.29) is 18.0 Å². The van der Waals surface area contributed by atoms with Gasteiger partial charge in [0, 0.05) is 5.69 Å². The summed E-state index contributed by atoms with van der Waals surface area (Å²) in [5, 5.41) is 2.42. The molecule has 214 valence electrons. The van der Waals surface area contributed by atoms with Crippen LogP contribution in [0.25, 0.3) is 0 Å². The number of hydrogen-bond acceptors (Lipinski definition) is 9. The van der Waals surface area contributed by atoms with E-state index < -0.39 is 40.8 Å². The summed E-state index contributed by atoms with van der Waals surface area (Å²) in [6, 6.07) is 16.8. The molecule has 3 unspecified atom stereocenters. The first-order chi connectivity index (χ1) is 20.3. The lowest BCUT2D eigenvalue weighted by atomic mass is 9.87. The molecule has 1 N–H and O–H groups in total. The van der Waals surface area contributed by atoms with E-state index in [9.17, 15) is 24.0 Å². The smallest absolute Gasteiger partial charge is 0.338 e. The number of imide groups is 1. The summed E-state index contributed by atoms with van der Waals surface area (Å²) in [6.07, 6.45) is 1.48. The zero-order valence-corrected chi connectivity index (χ0v) is 24.2. The molecule has 2 aliphatic rings. The second-order valence-corrected chi connectivity index (χ2v) is 12.0. The highest BCUT2D eigenvalue weighted by atomic mass is 32.2. The van der Waals surface area contributed by atoms with Crippen LogP contribution in [0.3, 0.4) is 0 Å². The zero-order chi connectivity index (χ0) is 29.5. The number of hydrogen-bond donors (Lipinski definition) is 1. The Morgan fingerprint density at radius 2 is 1.74 bits per heavy atom. The second kappa shape index (κ2) is 11.1. The number of aryl methyl sites for hydroxylation is 1. The van der Waals surface area contributed by atoms with Crippen LogP contribution in [0, 0.1) is 12.8 Å². The summed E-state index contributed by atoms with van der Waals surface area (Å²) in [4.78, 5) is 67.3. The highest BCUT2D eigenvalue weighted by Gasteiger charge is 2.57. The molecule has 1 saturated heterocycles. The molecule has 4 aromatic rings. The number of furan rings is 1. The molecular weight excluding hydrogens is 578 g/mol. The van der Waals surface area contributed by atoms with Gasteiger partial charge in [0.25, 0.3) is 0 Å². The van der Waals surface area contributed by atoms with Gasteiger partial charge in [-0.2, -0.15) is 0 Å². The molecule has 2 aromatic heterocycles. The zero-order valence-electron chi connectivity index (χ0n) is 22.6. The van der Waals surface area contributed by atoms with Crippen LogP contribution in [0.5, 0.6) is 0 Å². The van der Waals surface area contributed by atoms with E-state index in [1.165, 1.54) is 35.1 Å². The standard InChI is InChI=1S/C30H25N3O7S2/c1-3-39-29(37)17-8-12-19(13-9-17)33-26(35)23-22(20-5-4-14-40-20)25-28(41-24(23)27(33)36)32(30(38)42-25)15-21(34)31-18-10-6-16(2)7-11-18/h4-14,22-24H,3,15H2,1-2H3,(H,31,34). The molecule has 0 bridgehead atoms. The van der Waals surface area contributed by atoms with Crippen LogP contribution in [-0.2, 0) is 25.7 Å². The van der Waals surface area contributed by atoms with E-state index in [0.29, 0.717) is 32.6 Å². The van der Waals surface area contributed by atoms with Crippen molar-refractivity contribution >= 4 is 58.2 Å². The molecule has 42 heavy (non-hydrogen) atoms. The molecule has 0 saturated carbocycles. The van der Waals surface area contributed by atoms with Crippen molar-refractivity contribution in [3.8, 4) is 0 Å². The van der Waals surface area contributed by atoms with Crippen molar-refractivity contribution in [2.75, 3.05) is 16.8 Å². The average Bonchev–Trinajstić information content (AvgIpc) is 3.67. The van der Waals surface area contributed by atoms with Gasteiger partial charge in [0.2, 0.25) is 17.7 Å². The maximum Gasteiger partial charge on any atom is 0.338 e. The van der Waals surface area contributed by atoms with Gasteiger partial charge >= 0.3 is 10.8 Å². The van der Waals surface area contributed by atoms with Gasteiger partial charge in [-0.25, -0.2) is 9.69 Å². The van der Waals surface area contributed by atoms with Gasteiger partial charge in [-0.1, -0.05) is 40.8 Å². The van der Waals surface area contributed by atoms with E-state index in [2.05, 4.69) is 5.32 Å². The van der Waals surface area contributed by atoms with Crippen LogP contribution < -0.4 is 15.1 Å². The highest BCUT2D eigenvalue weighted by molar-refractivity contribution is 8.00. The van der Waals surface area contributed by atoms with Gasteiger partial charge in [-0.3, -0.25) is 23.7 Å². The number of nitrogens with zero attached hydrogens (tertiary/aromatic N) is 2. The third kappa shape index (κ3) is 4.86. The Morgan fingerprint density at radius 3 is 2.40 bits per heavy atom. The lowest BCUT2D eigenvalue weighted by molar-refractivity contribution is -0.122. The van der Waals surface area contributed by atoms with Crippen molar-refractivity contribution < 1.29 is 28.3 Å². The van der Waals surface area contributed by atoms with Crippen molar-refractivity contribution in [3.63, 3.8) is 0 Å².